The van der Waals surface area contributed by atoms with E-state index in [1.165, 1.54) is 43.9 Å². The van der Waals surface area contributed by atoms with Gasteiger partial charge in [-0.25, -0.2) is 14.2 Å². The van der Waals surface area contributed by atoms with Gasteiger partial charge in [0.15, 0.2) is 11.6 Å². The SMILES string of the molecule is COc1ccccc1NC(=O)CC(=O)Nc1ccc(Oc2ccnc3cc(-c4cnc(=O)n(CCN5CCOCC5)c4)sc23)c(F)c1.COc1ccccc1NC(=O)CC(=O)O. The number of ether oxygens (including phenoxy) is 4. The van der Waals surface area contributed by atoms with Crippen molar-refractivity contribution in [3.63, 3.8) is 0 Å². The largest absolute Gasteiger partial charge is 0.495 e. The molecule has 3 amide bonds. The summed E-state index contributed by atoms with van der Waals surface area (Å²) in [6, 6.07) is 21.1. The fourth-order valence-corrected chi connectivity index (χ4v) is 7.15. The van der Waals surface area contributed by atoms with Crippen LogP contribution in [0.5, 0.6) is 23.0 Å². The van der Waals surface area contributed by atoms with E-state index in [-0.39, 0.29) is 17.1 Å². The number of methoxy groups -OCH3 is 2. The van der Waals surface area contributed by atoms with Gasteiger partial charge in [0.25, 0.3) is 0 Å². The first kappa shape index (κ1) is 44.3. The van der Waals surface area contributed by atoms with Gasteiger partial charge in [-0.2, -0.15) is 0 Å². The molecule has 7 rings (SSSR count). The minimum Gasteiger partial charge on any atom is -0.495 e. The number of carboxylic acids is 1. The number of amides is 3. The van der Waals surface area contributed by atoms with Gasteiger partial charge in [-0.05, 0) is 42.5 Å². The Hall–Kier alpha value is -7.22. The molecule has 0 spiro atoms. The molecule has 1 aliphatic rings. The van der Waals surface area contributed by atoms with Gasteiger partial charge in [0.05, 0.1) is 49.0 Å². The number of carbonyl (C=O) groups excluding carboxylic acids is 3. The van der Waals surface area contributed by atoms with Crippen LogP contribution in [-0.4, -0.2) is 95.3 Å². The summed E-state index contributed by atoms with van der Waals surface area (Å²) in [5.74, 6) is -2.32. The van der Waals surface area contributed by atoms with Gasteiger partial charge in [0.2, 0.25) is 17.7 Å². The molecule has 1 aliphatic heterocycles. The highest BCUT2D eigenvalue weighted by Gasteiger charge is 2.17. The Morgan fingerprint density at radius 2 is 1.44 bits per heavy atom. The minimum absolute atomic E-state index is 0.0577. The predicted molar refractivity (Wildman–Crippen MR) is 230 cm³/mol. The summed E-state index contributed by atoms with van der Waals surface area (Å²) in [5, 5.41) is 16.0. The van der Waals surface area contributed by atoms with Crippen LogP contribution in [0, 0.1) is 5.82 Å². The molecular formula is C43H42FN7O10S. The Balaban J connectivity index is 0.000000362. The second-order valence-corrected chi connectivity index (χ2v) is 14.5. The first-order valence-corrected chi connectivity index (χ1v) is 19.9. The molecule has 0 saturated carbocycles. The molecule has 19 heteroatoms. The van der Waals surface area contributed by atoms with Gasteiger partial charge < -0.3 is 40.0 Å². The molecule has 6 aromatic rings. The lowest BCUT2D eigenvalue weighted by Crippen LogP contribution is -2.39. The second kappa shape index (κ2) is 21.3. The van der Waals surface area contributed by atoms with Gasteiger partial charge in [-0.15, -0.1) is 11.3 Å². The van der Waals surface area contributed by atoms with Crippen LogP contribution in [0.2, 0.25) is 0 Å². The smallest absolute Gasteiger partial charge is 0.347 e. The molecule has 62 heavy (non-hydrogen) atoms. The second-order valence-electron chi connectivity index (χ2n) is 13.4. The van der Waals surface area contributed by atoms with Crippen molar-refractivity contribution in [2.24, 2.45) is 0 Å². The third kappa shape index (κ3) is 12.2. The number of rotatable bonds is 15. The lowest BCUT2D eigenvalue weighted by Gasteiger charge is -2.26. The molecule has 4 N–H and O–H groups in total. The molecule has 1 saturated heterocycles. The number of fused-ring (bicyclic) bond motifs is 1. The summed E-state index contributed by atoms with van der Waals surface area (Å²) >= 11 is 1.39. The van der Waals surface area contributed by atoms with E-state index in [9.17, 15) is 24.0 Å². The molecule has 3 aromatic carbocycles. The van der Waals surface area contributed by atoms with Crippen molar-refractivity contribution in [2.45, 2.75) is 19.4 Å². The molecule has 3 aromatic heterocycles. The zero-order chi connectivity index (χ0) is 44.0. The summed E-state index contributed by atoms with van der Waals surface area (Å²) < 4.78 is 39.0. The van der Waals surface area contributed by atoms with Crippen molar-refractivity contribution in [3.05, 3.63) is 114 Å². The maximum Gasteiger partial charge on any atom is 0.347 e. The molecule has 0 unspecified atom stereocenters. The van der Waals surface area contributed by atoms with Crippen LogP contribution in [0.1, 0.15) is 12.8 Å². The summed E-state index contributed by atoms with van der Waals surface area (Å²) in [5.41, 5.74) is 2.14. The van der Waals surface area contributed by atoms with Crippen molar-refractivity contribution in [1.82, 2.24) is 19.4 Å². The fraction of sp³-hybridized carbons (Fsp3) is 0.233. The van der Waals surface area contributed by atoms with E-state index in [4.69, 9.17) is 24.1 Å². The quantitative estimate of drug-likeness (QED) is 0.0891. The van der Waals surface area contributed by atoms with Gasteiger partial charge in [0.1, 0.15) is 30.1 Å². The van der Waals surface area contributed by atoms with Crippen LogP contribution in [0.25, 0.3) is 20.7 Å². The number of hydrogen-bond acceptors (Lipinski definition) is 13. The topological polar surface area (TPSA) is 213 Å². The van der Waals surface area contributed by atoms with Crippen LogP contribution in [0.15, 0.2) is 102 Å². The highest BCUT2D eigenvalue weighted by molar-refractivity contribution is 7.22. The number of benzene rings is 3. The van der Waals surface area contributed by atoms with Crippen LogP contribution in [0.3, 0.4) is 0 Å². The minimum atomic E-state index is -1.16. The number of hydrogen-bond donors (Lipinski definition) is 4. The number of anilines is 3. The number of para-hydroxylation sites is 4. The summed E-state index contributed by atoms with van der Waals surface area (Å²) in [7, 11) is 2.95. The monoisotopic (exact) mass is 867 g/mol. The molecule has 322 valence electrons. The van der Waals surface area contributed by atoms with Crippen LogP contribution in [-0.2, 0) is 30.5 Å². The maximum atomic E-state index is 15.1. The number of carboxylic acid groups (broad SMARTS) is 1. The van der Waals surface area contributed by atoms with Gasteiger partial charge in [-0.3, -0.25) is 33.6 Å². The zero-order valence-corrected chi connectivity index (χ0v) is 34.4. The third-order valence-electron chi connectivity index (χ3n) is 9.11. The highest BCUT2D eigenvalue weighted by atomic mass is 32.1. The number of carbonyl (C=O) groups is 4. The van der Waals surface area contributed by atoms with Crippen LogP contribution in [0.4, 0.5) is 21.5 Å². The summed E-state index contributed by atoms with van der Waals surface area (Å²) in [6.45, 7) is 4.24. The molecule has 4 heterocycles. The van der Waals surface area contributed by atoms with E-state index in [0.717, 1.165) is 29.6 Å². The summed E-state index contributed by atoms with van der Waals surface area (Å²) in [6.07, 6.45) is 3.86. The molecule has 0 radical (unpaired) electrons. The first-order chi connectivity index (χ1) is 30.0. The average Bonchev–Trinajstić information content (AvgIpc) is 3.70. The Morgan fingerprint density at radius 1 is 0.790 bits per heavy atom. The number of nitrogens with zero attached hydrogens (tertiary/aromatic N) is 4. The van der Waals surface area contributed by atoms with E-state index in [0.29, 0.717) is 65.1 Å². The van der Waals surface area contributed by atoms with Gasteiger partial charge >= 0.3 is 11.7 Å². The van der Waals surface area contributed by atoms with Gasteiger partial charge in [0, 0.05) is 73.0 Å². The molecule has 0 bridgehead atoms. The predicted octanol–water partition coefficient (Wildman–Crippen LogP) is 5.87. The molecule has 1 fully saturated rings. The van der Waals surface area contributed by atoms with E-state index in [1.807, 2.05) is 6.07 Å². The standard InChI is InChI=1S/C33H31FN6O6S.C10H11NO4/c1-44-27-5-3-2-4-24(27)38-31(42)18-30(41)37-22-6-7-26(23(34)16-22)46-28-8-9-35-25-17-29(47-32(25)28)21-19-36-33(43)40(20-21)11-10-39-12-14-45-15-13-39;1-15-8-5-3-2-4-7(8)11-9(12)6-10(13)14/h2-9,16-17,19-20H,10-15,18H2,1H3,(H,37,41)(H,38,42);2-5H,6H2,1H3,(H,11,12)(H,13,14). The number of halogens is 1. The summed E-state index contributed by atoms with van der Waals surface area (Å²) in [4.78, 5) is 70.3. The lowest BCUT2D eigenvalue weighted by molar-refractivity contribution is -0.139. The Kier molecular flexibility index (Phi) is 15.3. The Labute approximate surface area is 358 Å². The van der Waals surface area contributed by atoms with Crippen LogP contribution < -0.4 is 35.9 Å². The first-order valence-electron chi connectivity index (χ1n) is 19.1. The van der Waals surface area contributed by atoms with E-state index < -0.39 is 42.3 Å². The van der Waals surface area contributed by atoms with Crippen molar-refractivity contribution in [1.29, 1.82) is 0 Å². The number of aliphatic carboxylic acids is 1. The van der Waals surface area contributed by atoms with E-state index in [1.54, 1.807) is 71.6 Å². The van der Waals surface area contributed by atoms with Crippen LogP contribution >= 0.6 is 11.3 Å². The van der Waals surface area contributed by atoms with Gasteiger partial charge in [-0.1, -0.05) is 24.3 Å². The van der Waals surface area contributed by atoms with Crippen molar-refractivity contribution in [3.8, 4) is 33.4 Å². The molecule has 0 atom stereocenters. The molecule has 17 nitrogen and oxygen atoms in total. The van der Waals surface area contributed by atoms with Crippen molar-refractivity contribution < 1.29 is 47.6 Å². The fourth-order valence-electron chi connectivity index (χ4n) is 6.11. The Bertz CT molecular complexity index is 2610. The third-order valence-corrected chi connectivity index (χ3v) is 10.3. The Morgan fingerprint density at radius 3 is 2.08 bits per heavy atom. The number of nitrogens with one attached hydrogen (secondary N) is 3. The number of morpholine rings is 1. The number of aromatic nitrogens is 3. The average molecular weight is 868 g/mol. The zero-order valence-electron chi connectivity index (χ0n) is 33.6. The number of thiophene rings is 1. The van der Waals surface area contributed by atoms with E-state index >= 15 is 4.39 Å². The lowest BCUT2D eigenvalue weighted by atomic mass is 10.2. The van der Waals surface area contributed by atoms with E-state index in [2.05, 4.69) is 30.8 Å². The molecular weight excluding hydrogens is 826 g/mol. The van der Waals surface area contributed by atoms with Crippen molar-refractivity contribution >= 4 is 62.3 Å². The number of pyridine rings is 1. The van der Waals surface area contributed by atoms with Crippen molar-refractivity contribution in [2.75, 3.05) is 63.0 Å². The highest BCUT2D eigenvalue weighted by Crippen LogP contribution is 2.39. The normalized spacial score (nSPS) is 12.4. The maximum absolute atomic E-state index is 15.1. The molecule has 0 aliphatic carbocycles.